The van der Waals surface area contributed by atoms with Gasteiger partial charge in [-0.25, -0.2) is 0 Å². The zero-order chi connectivity index (χ0) is 11.5. The van der Waals surface area contributed by atoms with Gasteiger partial charge in [0, 0.05) is 22.9 Å². The fraction of sp³-hybridized carbons (Fsp3) is 0.538. The summed E-state index contributed by atoms with van der Waals surface area (Å²) in [4.78, 5) is 2.50. The Labute approximate surface area is 114 Å². The molecule has 0 spiro atoms. The van der Waals surface area contributed by atoms with Gasteiger partial charge in [0.15, 0.2) is 0 Å². The van der Waals surface area contributed by atoms with Crippen LogP contribution in [-0.4, -0.2) is 13.1 Å². The van der Waals surface area contributed by atoms with Gasteiger partial charge in [-0.2, -0.15) is 0 Å². The minimum atomic E-state index is 0.816. The Bertz CT molecular complexity index is 365. The Kier molecular flexibility index (Phi) is 4.31. The van der Waals surface area contributed by atoms with Gasteiger partial charge < -0.3 is 4.90 Å². The molecule has 1 fully saturated rings. The summed E-state index contributed by atoms with van der Waals surface area (Å²) in [7, 11) is 0. The Morgan fingerprint density at radius 2 is 2.25 bits per heavy atom. The molecule has 88 valence electrons. The van der Waals surface area contributed by atoms with Crippen LogP contribution in [0.1, 0.15) is 25.3 Å². The monoisotopic (exact) mass is 345 g/mol. The summed E-state index contributed by atoms with van der Waals surface area (Å²) in [5.41, 5.74) is 2.66. The molecule has 1 unspecified atom stereocenters. The highest BCUT2D eigenvalue weighted by atomic mass is 79.9. The molecule has 1 aliphatic heterocycles. The average Bonchev–Trinajstić information content (AvgIpc) is 2.28. The number of nitrogens with zero attached hydrogens (tertiary/aromatic N) is 1. The number of rotatable bonds is 2. The third kappa shape index (κ3) is 2.80. The number of hydrogen-bond acceptors (Lipinski definition) is 1. The normalized spacial score (nSPS) is 21.2. The molecule has 0 N–H and O–H groups in total. The molecule has 3 heteroatoms. The van der Waals surface area contributed by atoms with E-state index >= 15 is 0 Å². The summed E-state index contributed by atoms with van der Waals surface area (Å²) in [6, 6.07) is 6.65. The Morgan fingerprint density at radius 3 is 2.88 bits per heavy atom. The SMILES string of the molecule is CC1CCCN(c2ccc(CBr)cc2Br)C1. The molecule has 1 nitrogen and oxygen atoms in total. The van der Waals surface area contributed by atoms with E-state index in [1.165, 1.54) is 41.7 Å². The largest absolute Gasteiger partial charge is 0.370 e. The topological polar surface area (TPSA) is 3.24 Å². The van der Waals surface area contributed by atoms with Gasteiger partial charge >= 0.3 is 0 Å². The van der Waals surface area contributed by atoms with E-state index in [-0.39, 0.29) is 0 Å². The molecule has 1 aliphatic rings. The molecule has 1 saturated heterocycles. The van der Waals surface area contributed by atoms with Gasteiger partial charge in [0.2, 0.25) is 0 Å². The predicted molar refractivity (Wildman–Crippen MR) is 77.4 cm³/mol. The van der Waals surface area contributed by atoms with E-state index in [1.54, 1.807) is 0 Å². The van der Waals surface area contributed by atoms with E-state index in [9.17, 15) is 0 Å². The highest BCUT2D eigenvalue weighted by molar-refractivity contribution is 9.10. The van der Waals surface area contributed by atoms with Gasteiger partial charge in [-0.1, -0.05) is 28.9 Å². The number of halogens is 2. The van der Waals surface area contributed by atoms with E-state index in [1.807, 2.05) is 0 Å². The van der Waals surface area contributed by atoms with Gasteiger partial charge in [0.25, 0.3) is 0 Å². The summed E-state index contributed by atoms with van der Waals surface area (Å²) in [5.74, 6) is 0.816. The molecule has 1 aromatic rings. The van der Waals surface area contributed by atoms with E-state index in [4.69, 9.17) is 0 Å². The van der Waals surface area contributed by atoms with Crippen LogP contribution < -0.4 is 4.90 Å². The second-order valence-corrected chi connectivity index (χ2v) is 6.03. The van der Waals surface area contributed by atoms with Crippen LogP contribution in [0.5, 0.6) is 0 Å². The zero-order valence-corrected chi connectivity index (χ0v) is 12.7. The lowest BCUT2D eigenvalue weighted by molar-refractivity contribution is 0.446. The summed E-state index contributed by atoms with van der Waals surface area (Å²) < 4.78 is 1.22. The molecule has 2 rings (SSSR count). The van der Waals surface area contributed by atoms with Crippen LogP contribution >= 0.6 is 31.9 Å². The molecular formula is C13H17Br2N. The standard InChI is InChI=1S/C13H17Br2N/c1-10-3-2-6-16(9-10)13-5-4-11(8-14)7-12(13)15/h4-5,7,10H,2-3,6,8-9H2,1H3. The van der Waals surface area contributed by atoms with Crippen LogP contribution in [0.4, 0.5) is 5.69 Å². The molecule has 0 radical (unpaired) electrons. The number of piperidine rings is 1. The van der Waals surface area contributed by atoms with E-state index in [0.29, 0.717) is 0 Å². The maximum atomic E-state index is 3.68. The first-order valence-corrected chi connectivity index (χ1v) is 7.71. The summed E-state index contributed by atoms with van der Waals surface area (Å²) in [6.45, 7) is 4.72. The lowest BCUT2D eigenvalue weighted by Crippen LogP contribution is -2.34. The van der Waals surface area contributed by atoms with Crippen molar-refractivity contribution in [2.24, 2.45) is 5.92 Å². The van der Waals surface area contributed by atoms with Crippen molar-refractivity contribution in [1.82, 2.24) is 0 Å². The molecule has 0 aromatic heterocycles. The van der Waals surface area contributed by atoms with E-state index in [0.717, 1.165) is 11.2 Å². The fourth-order valence-corrected chi connectivity index (χ4v) is 3.32. The average molecular weight is 347 g/mol. The van der Waals surface area contributed by atoms with Crippen molar-refractivity contribution >= 4 is 37.5 Å². The van der Waals surface area contributed by atoms with Crippen molar-refractivity contribution in [3.05, 3.63) is 28.2 Å². The maximum Gasteiger partial charge on any atom is 0.0510 e. The lowest BCUT2D eigenvalue weighted by atomic mass is 9.99. The van der Waals surface area contributed by atoms with Crippen LogP contribution in [-0.2, 0) is 5.33 Å². The quantitative estimate of drug-likeness (QED) is 0.708. The first kappa shape index (κ1) is 12.4. The zero-order valence-electron chi connectivity index (χ0n) is 9.55. The molecule has 16 heavy (non-hydrogen) atoms. The van der Waals surface area contributed by atoms with Crippen LogP contribution in [0, 0.1) is 5.92 Å². The van der Waals surface area contributed by atoms with Crippen molar-refractivity contribution in [2.75, 3.05) is 18.0 Å². The Hall–Kier alpha value is -0.0200. The van der Waals surface area contributed by atoms with Crippen molar-refractivity contribution in [1.29, 1.82) is 0 Å². The van der Waals surface area contributed by atoms with E-state index in [2.05, 4.69) is 61.9 Å². The van der Waals surface area contributed by atoms with Gasteiger partial charge in [0.05, 0.1) is 5.69 Å². The molecule has 1 heterocycles. The molecule has 0 aliphatic carbocycles. The van der Waals surface area contributed by atoms with Gasteiger partial charge in [-0.15, -0.1) is 0 Å². The van der Waals surface area contributed by atoms with Gasteiger partial charge in [-0.3, -0.25) is 0 Å². The van der Waals surface area contributed by atoms with Crippen molar-refractivity contribution < 1.29 is 0 Å². The lowest BCUT2D eigenvalue weighted by Gasteiger charge is -2.33. The number of anilines is 1. The Morgan fingerprint density at radius 1 is 1.44 bits per heavy atom. The third-order valence-electron chi connectivity index (χ3n) is 3.16. The predicted octanol–water partition coefficient (Wildman–Crippen LogP) is 4.58. The molecule has 0 saturated carbocycles. The van der Waals surface area contributed by atoms with Crippen molar-refractivity contribution in [3.8, 4) is 0 Å². The van der Waals surface area contributed by atoms with Gasteiger partial charge in [0.1, 0.15) is 0 Å². The van der Waals surface area contributed by atoms with Crippen LogP contribution in [0.15, 0.2) is 22.7 Å². The molecular weight excluding hydrogens is 330 g/mol. The maximum absolute atomic E-state index is 3.68. The third-order valence-corrected chi connectivity index (χ3v) is 4.45. The number of benzene rings is 1. The number of alkyl halides is 1. The molecule has 0 amide bonds. The molecule has 1 atom stereocenters. The smallest absolute Gasteiger partial charge is 0.0510 e. The Balaban J connectivity index is 2.19. The summed E-state index contributed by atoms with van der Waals surface area (Å²) in [5, 5.41) is 0.919. The minimum Gasteiger partial charge on any atom is -0.370 e. The second-order valence-electron chi connectivity index (χ2n) is 4.61. The second kappa shape index (κ2) is 5.54. The van der Waals surface area contributed by atoms with Crippen molar-refractivity contribution in [3.63, 3.8) is 0 Å². The first-order valence-electron chi connectivity index (χ1n) is 5.80. The summed E-state index contributed by atoms with van der Waals surface area (Å²) >= 11 is 7.17. The fourth-order valence-electron chi connectivity index (χ4n) is 2.30. The first-order chi connectivity index (χ1) is 7.70. The van der Waals surface area contributed by atoms with Gasteiger partial charge in [-0.05, 0) is 52.4 Å². The molecule has 1 aromatic carbocycles. The highest BCUT2D eigenvalue weighted by Gasteiger charge is 2.18. The highest BCUT2D eigenvalue weighted by Crippen LogP contribution is 2.31. The summed E-state index contributed by atoms with van der Waals surface area (Å²) in [6.07, 6.45) is 2.68. The van der Waals surface area contributed by atoms with Crippen LogP contribution in [0.2, 0.25) is 0 Å². The van der Waals surface area contributed by atoms with E-state index < -0.39 is 0 Å². The minimum absolute atomic E-state index is 0.816. The van der Waals surface area contributed by atoms with Crippen LogP contribution in [0.3, 0.4) is 0 Å². The van der Waals surface area contributed by atoms with Crippen molar-refractivity contribution in [2.45, 2.75) is 25.1 Å². The number of hydrogen-bond donors (Lipinski definition) is 0. The molecule has 0 bridgehead atoms. The van der Waals surface area contributed by atoms with Crippen LogP contribution in [0.25, 0.3) is 0 Å².